The zero-order valence-corrected chi connectivity index (χ0v) is 15.5. The molecule has 1 fully saturated rings. The van der Waals surface area contributed by atoms with E-state index in [0.29, 0.717) is 12.3 Å². The average molecular weight is 387 g/mol. The van der Waals surface area contributed by atoms with Crippen LogP contribution in [0.1, 0.15) is 24.1 Å². The van der Waals surface area contributed by atoms with Crippen molar-refractivity contribution in [1.29, 1.82) is 0 Å². The first-order valence-corrected chi connectivity index (χ1v) is 9.18. The van der Waals surface area contributed by atoms with Crippen molar-refractivity contribution in [2.45, 2.75) is 25.8 Å². The standard InChI is InChI=1S/C15H23BrN4OS/c1-17-14(21)7-11-3-5-20(6-4-11)15(18-2)19-9-13-8-12(16)10-22-13/h8,10-11H,3-7,9H2,1-2H3,(H,17,21)(H,18,19). The summed E-state index contributed by atoms with van der Waals surface area (Å²) in [6, 6.07) is 2.13. The van der Waals surface area contributed by atoms with Crippen LogP contribution in [-0.4, -0.2) is 44.0 Å². The van der Waals surface area contributed by atoms with Crippen molar-refractivity contribution in [3.63, 3.8) is 0 Å². The smallest absolute Gasteiger partial charge is 0.220 e. The van der Waals surface area contributed by atoms with Crippen LogP contribution in [-0.2, 0) is 11.3 Å². The van der Waals surface area contributed by atoms with Gasteiger partial charge < -0.3 is 15.5 Å². The number of nitrogens with zero attached hydrogens (tertiary/aromatic N) is 2. The first-order valence-electron chi connectivity index (χ1n) is 7.51. The van der Waals surface area contributed by atoms with Crippen molar-refractivity contribution in [2.75, 3.05) is 27.2 Å². The van der Waals surface area contributed by atoms with Gasteiger partial charge in [0.2, 0.25) is 5.91 Å². The number of piperidine rings is 1. The number of halogens is 1. The van der Waals surface area contributed by atoms with Crippen LogP contribution < -0.4 is 10.6 Å². The molecule has 1 saturated heterocycles. The van der Waals surface area contributed by atoms with Crippen LogP contribution in [0.4, 0.5) is 0 Å². The molecular formula is C15H23BrN4OS. The number of carbonyl (C=O) groups excluding carboxylic acids is 1. The van der Waals surface area contributed by atoms with E-state index in [9.17, 15) is 4.79 Å². The van der Waals surface area contributed by atoms with Gasteiger partial charge in [-0.15, -0.1) is 11.3 Å². The molecule has 5 nitrogen and oxygen atoms in total. The monoisotopic (exact) mass is 386 g/mol. The van der Waals surface area contributed by atoms with Crippen molar-refractivity contribution >= 4 is 39.1 Å². The number of carbonyl (C=O) groups is 1. The molecule has 1 aromatic heterocycles. The lowest BCUT2D eigenvalue weighted by molar-refractivity contribution is -0.121. The third-order valence-electron chi connectivity index (χ3n) is 3.92. The molecule has 1 aliphatic rings. The third-order valence-corrected chi connectivity index (χ3v) is 5.62. The topological polar surface area (TPSA) is 56.7 Å². The Balaban J connectivity index is 1.79. The van der Waals surface area contributed by atoms with Gasteiger partial charge in [0.15, 0.2) is 5.96 Å². The number of nitrogens with one attached hydrogen (secondary N) is 2. The van der Waals surface area contributed by atoms with Gasteiger partial charge in [-0.05, 0) is 40.8 Å². The second-order valence-corrected chi connectivity index (χ2v) is 7.35. The number of hydrogen-bond donors (Lipinski definition) is 2. The first-order chi connectivity index (χ1) is 10.6. The predicted molar refractivity (Wildman–Crippen MR) is 95.2 cm³/mol. The highest BCUT2D eigenvalue weighted by atomic mass is 79.9. The van der Waals surface area contributed by atoms with Crippen LogP contribution in [0.2, 0.25) is 0 Å². The van der Waals surface area contributed by atoms with E-state index in [4.69, 9.17) is 0 Å². The van der Waals surface area contributed by atoms with E-state index in [0.717, 1.165) is 42.9 Å². The van der Waals surface area contributed by atoms with Crippen LogP contribution in [0.15, 0.2) is 20.9 Å². The first kappa shape index (κ1) is 17.3. The van der Waals surface area contributed by atoms with Crippen LogP contribution in [0, 0.1) is 5.92 Å². The molecule has 1 aromatic rings. The van der Waals surface area contributed by atoms with E-state index in [1.54, 1.807) is 18.4 Å². The Bertz CT molecular complexity index is 523. The molecule has 0 unspecified atom stereocenters. The van der Waals surface area contributed by atoms with Crippen molar-refractivity contribution in [3.8, 4) is 0 Å². The highest BCUT2D eigenvalue weighted by molar-refractivity contribution is 9.10. The SMILES string of the molecule is CN=C(NCc1cc(Br)cs1)N1CCC(CC(=O)NC)CC1. The van der Waals surface area contributed by atoms with Gasteiger partial charge >= 0.3 is 0 Å². The number of hydrogen-bond acceptors (Lipinski definition) is 3. The van der Waals surface area contributed by atoms with E-state index >= 15 is 0 Å². The Morgan fingerprint density at radius 3 is 2.77 bits per heavy atom. The predicted octanol–water partition coefficient (Wildman–Crippen LogP) is 2.43. The summed E-state index contributed by atoms with van der Waals surface area (Å²) in [4.78, 5) is 19.4. The van der Waals surface area contributed by atoms with E-state index in [1.807, 2.05) is 7.05 Å². The van der Waals surface area contributed by atoms with Gasteiger partial charge in [-0.3, -0.25) is 9.79 Å². The summed E-state index contributed by atoms with van der Waals surface area (Å²) < 4.78 is 1.12. The molecule has 0 saturated carbocycles. The molecule has 0 aromatic carbocycles. The second-order valence-electron chi connectivity index (χ2n) is 5.44. The second kappa shape index (κ2) is 8.53. The van der Waals surface area contributed by atoms with Gasteiger partial charge in [-0.2, -0.15) is 0 Å². The summed E-state index contributed by atoms with van der Waals surface area (Å²) in [5.74, 6) is 1.58. The fraction of sp³-hybridized carbons (Fsp3) is 0.600. The van der Waals surface area contributed by atoms with Crippen molar-refractivity contribution in [3.05, 3.63) is 20.8 Å². The molecule has 2 rings (SSSR count). The Labute approximate surface area is 144 Å². The number of thiophene rings is 1. The van der Waals surface area contributed by atoms with Crippen molar-refractivity contribution < 1.29 is 4.79 Å². The molecular weight excluding hydrogens is 364 g/mol. The van der Waals surface area contributed by atoms with Crippen LogP contribution in [0.3, 0.4) is 0 Å². The molecule has 0 spiro atoms. The lowest BCUT2D eigenvalue weighted by Crippen LogP contribution is -2.45. The summed E-state index contributed by atoms with van der Waals surface area (Å²) >= 11 is 5.21. The molecule has 122 valence electrons. The maximum atomic E-state index is 11.4. The van der Waals surface area contributed by atoms with Gasteiger partial charge in [0, 0.05) is 48.3 Å². The summed E-state index contributed by atoms with van der Waals surface area (Å²) in [6.45, 7) is 2.70. The lowest BCUT2D eigenvalue weighted by atomic mass is 9.93. The van der Waals surface area contributed by atoms with Crippen molar-refractivity contribution in [2.24, 2.45) is 10.9 Å². The Morgan fingerprint density at radius 1 is 1.50 bits per heavy atom. The quantitative estimate of drug-likeness (QED) is 0.616. The van der Waals surface area contributed by atoms with Crippen LogP contribution in [0.5, 0.6) is 0 Å². The lowest BCUT2D eigenvalue weighted by Gasteiger charge is -2.34. The van der Waals surface area contributed by atoms with Gasteiger partial charge in [0.25, 0.3) is 0 Å². The Hall–Kier alpha value is -1.08. The minimum Gasteiger partial charge on any atom is -0.359 e. The van der Waals surface area contributed by atoms with E-state index in [1.165, 1.54) is 4.88 Å². The molecule has 0 atom stereocenters. The number of aliphatic imine (C=N–C) groups is 1. The van der Waals surface area contributed by atoms with E-state index in [-0.39, 0.29) is 5.91 Å². The molecule has 1 aliphatic heterocycles. The zero-order chi connectivity index (χ0) is 15.9. The highest BCUT2D eigenvalue weighted by Gasteiger charge is 2.22. The minimum atomic E-state index is 0.143. The summed E-state index contributed by atoms with van der Waals surface area (Å²) in [7, 11) is 3.52. The molecule has 1 amide bonds. The maximum Gasteiger partial charge on any atom is 0.220 e. The summed E-state index contributed by atoms with van der Waals surface area (Å²) in [5, 5.41) is 8.22. The normalized spacial score (nSPS) is 16.7. The fourth-order valence-electron chi connectivity index (χ4n) is 2.66. The van der Waals surface area contributed by atoms with Crippen LogP contribution >= 0.6 is 27.3 Å². The molecule has 2 N–H and O–H groups in total. The fourth-order valence-corrected chi connectivity index (χ4v) is 4.05. The van der Waals surface area contributed by atoms with Gasteiger partial charge in [0.1, 0.15) is 0 Å². The number of likely N-dealkylation sites (tertiary alicyclic amines) is 1. The van der Waals surface area contributed by atoms with Crippen molar-refractivity contribution in [1.82, 2.24) is 15.5 Å². The third kappa shape index (κ3) is 4.98. The number of guanidine groups is 1. The Morgan fingerprint density at radius 2 is 2.23 bits per heavy atom. The molecule has 0 bridgehead atoms. The highest BCUT2D eigenvalue weighted by Crippen LogP contribution is 2.21. The molecule has 2 heterocycles. The molecule has 22 heavy (non-hydrogen) atoms. The summed E-state index contributed by atoms with van der Waals surface area (Å²) in [6.07, 6.45) is 2.72. The number of amides is 1. The average Bonchev–Trinajstić information content (AvgIpc) is 2.95. The minimum absolute atomic E-state index is 0.143. The van der Waals surface area contributed by atoms with Crippen LogP contribution in [0.25, 0.3) is 0 Å². The molecule has 7 heteroatoms. The molecule has 0 radical (unpaired) electrons. The Kier molecular flexibility index (Phi) is 6.70. The van der Waals surface area contributed by atoms with E-state index < -0.39 is 0 Å². The number of rotatable bonds is 4. The maximum absolute atomic E-state index is 11.4. The van der Waals surface area contributed by atoms with E-state index in [2.05, 4.69) is 47.9 Å². The van der Waals surface area contributed by atoms with Gasteiger partial charge in [-0.25, -0.2) is 0 Å². The molecule has 0 aliphatic carbocycles. The summed E-state index contributed by atoms with van der Waals surface area (Å²) in [5.41, 5.74) is 0. The van der Waals surface area contributed by atoms with Gasteiger partial charge in [-0.1, -0.05) is 0 Å². The van der Waals surface area contributed by atoms with Gasteiger partial charge in [0.05, 0.1) is 6.54 Å². The zero-order valence-electron chi connectivity index (χ0n) is 13.1. The largest absolute Gasteiger partial charge is 0.359 e.